The van der Waals surface area contributed by atoms with Crippen molar-refractivity contribution in [2.24, 2.45) is 0 Å². The summed E-state index contributed by atoms with van der Waals surface area (Å²) in [7, 11) is 0. The molecule has 0 saturated heterocycles. The zero-order valence-corrected chi connectivity index (χ0v) is 16.4. The van der Waals surface area contributed by atoms with E-state index in [-0.39, 0.29) is 11.8 Å². The first kappa shape index (κ1) is 17.2. The summed E-state index contributed by atoms with van der Waals surface area (Å²) in [4.78, 5) is 12.5. The number of benzene rings is 2. The third-order valence-corrected chi connectivity index (χ3v) is 5.94. The Bertz CT molecular complexity index is 1130. The van der Waals surface area contributed by atoms with E-state index in [1.54, 1.807) is 11.3 Å². The molecule has 0 fully saturated rings. The van der Waals surface area contributed by atoms with E-state index in [0.717, 1.165) is 33.9 Å². The minimum absolute atomic E-state index is 0.00318. The van der Waals surface area contributed by atoms with E-state index < -0.39 is 0 Å². The molecule has 0 aliphatic carbocycles. The van der Waals surface area contributed by atoms with Crippen LogP contribution in [0, 0.1) is 0 Å². The molecule has 2 aromatic carbocycles. The average Bonchev–Trinajstić information content (AvgIpc) is 3.37. The van der Waals surface area contributed by atoms with Crippen LogP contribution in [0.3, 0.4) is 0 Å². The summed E-state index contributed by atoms with van der Waals surface area (Å²) in [5, 5.41) is 12.8. The van der Waals surface area contributed by atoms with Crippen molar-refractivity contribution >= 4 is 34.7 Å². The monoisotopic (exact) mass is 405 g/mol. The van der Waals surface area contributed by atoms with Gasteiger partial charge in [-0.2, -0.15) is 16.4 Å². The number of fused-ring (bicyclic) bond motifs is 1. The van der Waals surface area contributed by atoms with Crippen molar-refractivity contribution < 1.29 is 4.79 Å². The van der Waals surface area contributed by atoms with E-state index >= 15 is 0 Å². The van der Waals surface area contributed by atoms with E-state index in [9.17, 15) is 4.79 Å². The van der Waals surface area contributed by atoms with Crippen LogP contribution >= 0.6 is 22.9 Å². The first-order valence-electron chi connectivity index (χ1n) is 8.97. The number of hydrogen-bond acceptors (Lipinski definition) is 3. The zero-order chi connectivity index (χ0) is 19.1. The fourth-order valence-corrected chi connectivity index (χ4v) is 4.53. The maximum Gasteiger partial charge on any atom is 0.226 e. The number of anilines is 1. The highest BCUT2D eigenvalue weighted by atomic mass is 35.5. The quantitative estimate of drug-likeness (QED) is 0.473. The lowest BCUT2D eigenvalue weighted by molar-refractivity contribution is -0.116. The molecule has 0 radical (unpaired) electrons. The van der Waals surface area contributed by atoms with Gasteiger partial charge in [-0.05, 0) is 46.7 Å². The van der Waals surface area contributed by atoms with E-state index in [4.69, 9.17) is 16.7 Å². The highest BCUT2D eigenvalue weighted by molar-refractivity contribution is 7.08. The maximum absolute atomic E-state index is 12.5. The van der Waals surface area contributed by atoms with Crippen LogP contribution in [-0.2, 0) is 4.79 Å². The van der Waals surface area contributed by atoms with E-state index in [1.807, 2.05) is 64.7 Å². The van der Waals surface area contributed by atoms with Gasteiger partial charge < -0.3 is 5.32 Å². The highest BCUT2D eigenvalue weighted by Crippen LogP contribution is 2.44. The number of thiophene rings is 1. The van der Waals surface area contributed by atoms with Crippen molar-refractivity contribution in [2.45, 2.75) is 12.3 Å². The van der Waals surface area contributed by atoms with E-state index in [2.05, 4.69) is 16.8 Å². The first-order chi connectivity index (χ1) is 13.7. The smallest absolute Gasteiger partial charge is 0.226 e. The largest absolute Gasteiger partial charge is 0.310 e. The molecule has 5 rings (SSSR count). The van der Waals surface area contributed by atoms with Gasteiger partial charge in [0.25, 0.3) is 0 Å². The van der Waals surface area contributed by atoms with E-state index in [0.29, 0.717) is 11.4 Å². The van der Waals surface area contributed by atoms with Crippen molar-refractivity contribution in [2.75, 3.05) is 5.32 Å². The van der Waals surface area contributed by atoms with Gasteiger partial charge in [-0.25, -0.2) is 4.68 Å². The summed E-state index contributed by atoms with van der Waals surface area (Å²) in [6.07, 6.45) is 0.408. The molecule has 0 bridgehead atoms. The Labute approximate surface area is 171 Å². The third kappa shape index (κ3) is 2.93. The molecule has 138 valence electrons. The van der Waals surface area contributed by atoms with Crippen LogP contribution in [-0.4, -0.2) is 15.7 Å². The van der Waals surface area contributed by atoms with Gasteiger partial charge in [-0.15, -0.1) is 0 Å². The molecule has 4 nitrogen and oxygen atoms in total. The Morgan fingerprint density at radius 3 is 2.57 bits per heavy atom. The Morgan fingerprint density at radius 2 is 1.86 bits per heavy atom. The summed E-state index contributed by atoms with van der Waals surface area (Å²) in [6.45, 7) is 0. The van der Waals surface area contributed by atoms with E-state index in [1.165, 1.54) is 0 Å². The molecule has 0 spiro atoms. The van der Waals surface area contributed by atoms with Gasteiger partial charge in [0.15, 0.2) is 0 Å². The summed E-state index contributed by atoms with van der Waals surface area (Å²) < 4.78 is 1.83. The number of carbonyl (C=O) groups excluding carboxylic acids is 1. The number of amides is 1. The number of halogens is 1. The molecule has 0 unspecified atom stereocenters. The van der Waals surface area contributed by atoms with Crippen LogP contribution in [0.1, 0.15) is 23.5 Å². The van der Waals surface area contributed by atoms with Crippen molar-refractivity contribution in [3.63, 3.8) is 0 Å². The van der Waals surface area contributed by atoms with Crippen LogP contribution in [0.25, 0.3) is 16.9 Å². The Morgan fingerprint density at radius 1 is 1.07 bits per heavy atom. The number of para-hydroxylation sites is 1. The molecule has 0 saturated carbocycles. The maximum atomic E-state index is 12.5. The zero-order valence-electron chi connectivity index (χ0n) is 14.8. The van der Waals surface area contributed by atoms with Crippen molar-refractivity contribution in [1.29, 1.82) is 0 Å². The minimum atomic E-state index is -0.0295. The lowest BCUT2D eigenvalue weighted by Crippen LogP contribution is -2.24. The molecule has 1 N–H and O–H groups in total. The number of carbonyl (C=O) groups is 1. The molecule has 4 aromatic rings. The molecule has 3 heterocycles. The Kier molecular flexibility index (Phi) is 4.26. The molecule has 1 atom stereocenters. The summed E-state index contributed by atoms with van der Waals surface area (Å²) in [6, 6.07) is 19.6. The molecule has 6 heteroatoms. The average molecular weight is 406 g/mol. The standard InChI is InChI=1S/C22H16ClN3OS/c23-16-8-6-14(7-9-16)21-20-18(15-10-11-28-13-15)12-19(27)24-22(20)26(25-21)17-4-2-1-3-5-17/h1-11,13,18H,12H2,(H,24,27)/t18-/m0/s1. The predicted octanol–water partition coefficient (Wildman–Crippen LogP) is 5.73. The summed E-state index contributed by atoms with van der Waals surface area (Å²) in [5.74, 6) is 0.713. The van der Waals surface area contributed by atoms with Gasteiger partial charge in [-0.3, -0.25) is 4.79 Å². The van der Waals surface area contributed by atoms with Crippen LogP contribution in [0.15, 0.2) is 71.4 Å². The highest BCUT2D eigenvalue weighted by Gasteiger charge is 2.34. The second-order valence-electron chi connectivity index (χ2n) is 6.73. The van der Waals surface area contributed by atoms with Crippen molar-refractivity contribution in [3.8, 4) is 16.9 Å². The number of rotatable bonds is 3. The second kappa shape index (κ2) is 6.93. The predicted molar refractivity (Wildman–Crippen MR) is 113 cm³/mol. The second-order valence-corrected chi connectivity index (χ2v) is 7.94. The van der Waals surface area contributed by atoms with Crippen LogP contribution in [0.4, 0.5) is 5.82 Å². The van der Waals surface area contributed by atoms with Gasteiger partial charge in [0.05, 0.1) is 11.4 Å². The lowest BCUT2D eigenvalue weighted by Gasteiger charge is -2.24. The first-order valence-corrected chi connectivity index (χ1v) is 10.3. The fourth-order valence-electron chi connectivity index (χ4n) is 3.69. The van der Waals surface area contributed by atoms with Gasteiger partial charge in [0, 0.05) is 28.5 Å². The van der Waals surface area contributed by atoms with Crippen LogP contribution < -0.4 is 5.32 Å². The molecule has 2 aromatic heterocycles. The van der Waals surface area contributed by atoms with Crippen LogP contribution in [0.5, 0.6) is 0 Å². The normalized spacial score (nSPS) is 15.9. The van der Waals surface area contributed by atoms with Gasteiger partial charge in [-0.1, -0.05) is 41.9 Å². The van der Waals surface area contributed by atoms with Gasteiger partial charge in [0.1, 0.15) is 5.82 Å². The lowest BCUT2D eigenvalue weighted by atomic mass is 9.86. The SMILES string of the molecule is O=C1C[C@@H](c2ccsc2)c2c(-c3ccc(Cl)cc3)nn(-c3ccccc3)c2N1. The Balaban J connectivity index is 1.77. The van der Waals surface area contributed by atoms with Crippen LogP contribution in [0.2, 0.25) is 5.02 Å². The van der Waals surface area contributed by atoms with Crippen molar-refractivity contribution in [3.05, 3.63) is 87.6 Å². The van der Waals surface area contributed by atoms with Gasteiger partial charge >= 0.3 is 0 Å². The van der Waals surface area contributed by atoms with Gasteiger partial charge in [0.2, 0.25) is 5.91 Å². The van der Waals surface area contributed by atoms with Crippen molar-refractivity contribution in [1.82, 2.24) is 9.78 Å². The topological polar surface area (TPSA) is 46.9 Å². The number of nitrogens with zero attached hydrogens (tertiary/aromatic N) is 2. The molecular weight excluding hydrogens is 390 g/mol. The third-order valence-electron chi connectivity index (χ3n) is 4.98. The Hall–Kier alpha value is -2.89. The molecule has 28 heavy (non-hydrogen) atoms. The molecule has 1 aliphatic rings. The number of nitrogens with one attached hydrogen (secondary N) is 1. The summed E-state index contributed by atoms with van der Waals surface area (Å²) >= 11 is 7.73. The fraction of sp³-hybridized carbons (Fsp3) is 0.0909. The number of aromatic nitrogens is 2. The molecule has 1 amide bonds. The number of hydrogen-bond donors (Lipinski definition) is 1. The molecular formula is C22H16ClN3OS. The summed E-state index contributed by atoms with van der Waals surface area (Å²) in [5.41, 5.74) is 4.94. The minimum Gasteiger partial charge on any atom is -0.310 e. The molecule has 1 aliphatic heterocycles.